The van der Waals surface area contributed by atoms with E-state index >= 15 is 0 Å². The summed E-state index contributed by atoms with van der Waals surface area (Å²) in [4.78, 5) is 11.1. The number of carbonyl (C=O) groups excluding carboxylic acids is 1. The van der Waals surface area contributed by atoms with Crippen molar-refractivity contribution in [1.29, 1.82) is 0 Å². The molecule has 0 unspecified atom stereocenters. The number of hydrogen-bond donors (Lipinski definition) is 1. The van der Waals surface area contributed by atoms with Crippen LogP contribution >= 0.6 is 0 Å². The molecule has 0 saturated carbocycles. The van der Waals surface area contributed by atoms with Gasteiger partial charge in [0.2, 0.25) is 0 Å². The Kier molecular flexibility index (Phi) is 7.19. The maximum Gasteiger partial charge on any atom is 0.411 e. The predicted octanol–water partition coefficient (Wildman–Crippen LogP) is 4.18. The Balaban J connectivity index is 0.00000121. The van der Waals surface area contributed by atoms with E-state index in [1.54, 1.807) is 18.2 Å². The summed E-state index contributed by atoms with van der Waals surface area (Å²) in [6.45, 7) is 11.4. The fraction of sp³-hybridized carbons (Fsp3) is 0.214. The molecular weight excluding hydrogens is 214 g/mol. The molecular formula is C14H19NO2. The number of amides is 1. The van der Waals surface area contributed by atoms with E-state index in [0.29, 0.717) is 5.69 Å². The standard InChI is InChI=1S/C12H13NO2.C2H6/c1-4-9-7-6-8-11(10(9)5-2)13-12(14)15-3;1-2/h4-8H,1-2H2,3H3,(H,13,14);1-2H3. The van der Waals surface area contributed by atoms with Crippen LogP contribution in [0.1, 0.15) is 25.0 Å². The molecule has 0 bridgehead atoms. The zero-order valence-electron chi connectivity index (χ0n) is 10.6. The van der Waals surface area contributed by atoms with E-state index in [0.717, 1.165) is 11.1 Å². The van der Waals surface area contributed by atoms with E-state index in [9.17, 15) is 4.79 Å². The highest BCUT2D eigenvalue weighted by molar-refractivity contribution is 5.89. The second-order valence-corrected chi connectivity index (χ2v) is 2.83. The first kappa shape index (κ1) is 15.0. The van der Waals surface area contributed by atoms with Crippen molar-refractivity contribution in [2.24, 2.45) is 0 Å². The second-order valence-electron chi connectivity index (χ2n) is 2.83. The quantitative estimate of drug-likeness (QED) is 0.850. The summed E-state index contributed by atoms with van der Waals surface area (Å²) >= 11 is 0. The fourth-order valence-electron chi connectivity index (χ4n) is 1.26. The van der Waals surface area contributed by atoms with Gasteiger partial charge < -0.3 is 4.74 Å². The number of ether oxygens (including phenoxy) is 1. The molecule has 0 fully saturated rings. The molecule has 0 radical (unpaired) electrons. The van der Waals surface area contributed by atoms with Crippen molar-refractivity contribution in [3.8, 4) is 0 Å². The molecule has 92 valence electrons. The number of benzene rings is 1. The lowest BCUT2D eigenvalue weighted by molar-refractivity contribution is 0.187. The summed E-state index contributed by atoms with van der Waals surface area (Å²) in [5.74, 6) is 0. The Bertz CT molecular complexity index is 397. The molecule has 1 aromatic rings. The minimum absolute atomic E-state index is 0.501. The van der Waals surface area contributed by atoms with E-state index < -0.39 is 6.09 Å². The van der Waals surface area contributed by atoms with Gasteiger partial charge in [-0.3, -0.25) is 5.32 Å². The number of methoxy groups -OCH3 is 1. The van der Waals surface area contributed by atoms with Crippen LogP contribution in [0.25, 0.3) is 12.2 Å². The molecule has 0 atom stereocenters. The fourth-order valence-corrected chi connectivity index (χ4v) is 1.26. The molecule has 0 aliphatic carbocycles. The van der Waals surface area contributed by atoms with Crippen molar-refractivity contribution in [1.82, 2.24) is 0 Å². The minimum atomic E-state index is -0.501. The summed E-state index contributed by atoms with van der Waals surface area (Å²) in [5.41, 5.74) is 2.41. The first-order chi connectivity index (χ1) is 8.22. The minimum Gasteiger partial charge on any atom is -0.453 e. The lowest BCUT2D eigenvalue weighted by Gasteiger charge is -2.09. The van der Waals surface area contributed by atoms with Gasteiger partial charge in [0.25, 0.3) is 0 Å². The Morgan fingerprint density at radius 2 is 1.94 bits per heavy atom. The van der Waals surface area contributed by atoms with Gasteiger partial charge in [-0.05, 0) is 11.6 Å². The highest BCUT2D eigenvalue weighted by atomic mass is 16.5. The molecule has 1 amide bonds. The van der Waals surface area contributed by atoms with Gasteiger partial charge in [0.05, 0.1) is 12.8 Å². The smallest absolute Gasteiger partial charge is 0.411 e. The van der Waals surface area contributed by atoms with Crippen LogP contribution in [-0.4, -0.2) is 13.2 Å². The number of nitrogens with one attached hydrogen (secondary N) is 1. The molecule has 3 heteroatoms. The molecule has 0 aliphatic rings. The number of hydrogen-bond acceptors (Lipinski definition) is 2. The number of carbonyl (C=O) groups is 1. The van der Waals surface area contributed by atoms with Crippen LogP contribution in [-0.2, 0) is 4.74 Å². The van der Waals surface area contributed by atoms with Crippen molar-refractivity contribution in [2.75, 3.05) is 12.4 Å². The molecule has 17 heavy (non-hydrogen) atoms. The van der Waals surface area contributed by atoms with Gasteiger partial charge in [0.1, 0.15) is 0 Å². The maximum atomic E-state index is 11.1. The average molecular weight is 233 g/mol. The van der Waals surface area contributed by atoms with Gasteiger partial charge in [-0.25, -0.2) is 4.79 Å². The van der Waals surface area contributed by atoms with E-state index in [1.165, 1.54) is 7.11 Å². The normalized spacial score (nSPS) is 8.41. The zero-order valence-corrected chi connectivity index (χ0v) is 10.6. The Hall–Kier alpha value is -2.03. The second kappa shape index (κ2) is 8.16. The van der Waals surface area contributed by atoms with Crippen molar-refractivity contribution in [3.05, 3.63) is 42.5 Å². The van der Waals surface area contributed by atoms with E-state index in [1.807, 2.05) is 26.0 Å². The average Bonchev–Trinajstić information content (AvgIpc) is 2.40. The Morgan fingerprint density at radius 3 is 2.41 bits per heavy atom. The van der Waals surface area contributed by atoms with Gasteiger partial charge in [-0.1, -0.05) is 51.3 Å². The van der Waals surface area contributed by atoms with Crippen LogP contribution in [0, 0.1) is 0 Å². The van der Waals surface area contributed by atoms with Crippen LogP contribution in [0.3, 0.4) is 0 Å². The lowest BCUT2D eigenvalue weighted by Crippen LogP contribution is -2.12. The van der Waals surface area contributed by atoms with E-state index in [4.69, 9.17) is 0 Å². The molecule has 0 heterocycles. The van der Waals surface area contributed by atoms with Gasteiger partial charge >= 0.3 is 6.09 Å². The van der Waals surface area contributed by atoms with Crippen LogP contribution in [0.5, 0.6) is 0 Å². The maximum absolute atomic E-state index is 11.1. The first-order valence-corrected chi connectivity index (χ1v) is 5.45. The highest BCUT2D eigenvalue weighted by Gasteiger charge is 2.06. The van der Waals surface area contributed by atoms with Crippen molar-refractivity contribution in [3.63, 3.8) is 0 Å². The molecule has 1 aromatic carbocycles. The van der Waals surface area contributed by atoms with E-state index in [2.05, 4.69) is 23.2 Å². The zero-order chi connectivity index (χ0) is 13.3. The monoisotopic (exact) mass is 233 g/mol. The van der Waals surface area contributed by atoms with Crippen molar-refractivity contribution >= 4 is 23.9 Å². The Morgan fingerprint density at radius 1 is 1.29 bits per heavy atom. The molecule has 1 N–H and O–H groups in total. The summed E-state index contributed by atoms with van der Waals surface area (Å²) in [7, 11) is 1.32. The Labute approximate surface area is 103 Å². The van der Waals surface area contributed by atoms with Gasteiger partial charge in [0.15, 0.2) is 0 Å². The third-order valence-corrected chi connectivity index (χ3v) is 1.99. The van der Waals surface area contributed by atoms with Gasteiger partial charge in [-0.15, -0.1) is 0 Å². The summed E-state index contributed by atoms with van der Waals surface area (Å²) < 4.78 is 4.52. The van der Waals surface area contributed by atoms with Crippen molar-refractivity contribution < 1.29 is 9.53 Å². The molecule has 0 aliphatic heterocycles. The van der Waals surface area contributed by atoms with Crippen LogP contribution < -0.4 is 5.32 Å². The largest absolute Gasteiger partial charge is 0.453 e. The summed E-state index contributed by atoms with van der Waals surface area (Å²) in [6, 6.07) is 5.50. The van der Waals surface area contributed by atoms with Crippen LogP contribution in [0.4, 0.5) is 10.5 Å². The van der Waals surface area contributed by atoms with Crippen LogP contribution in [0.15, 0.2) is 31.4 Å². The summed E-state index contributed by atoms with van der Waals surface area (Å²) in [5, 5.41) is 2.61. The third-order valence-electron chi connectivity index (χ3n) is 1.99. The molecule has 3 nitrogen and oxygen atoms in total. The topological polar surface area (TPSA) is 38.3 Å². The van der Waals surface area contributed by atoms with E-state index in [-0.39, 0.29) is 0 Å². The molecule has 0 aromatic heterocycles. The van der Waals surface area contributed by atoms with Gasteiger partial charge in [-0.2, -0.15) is 0 Å². The molecule has 0 saturated heterocycles. The first-order valence-electron chi connectivity index (χ1n) is 5.45. The highest BCUT2D eigenvalue weighted by Crippen LogP contribution is 2.22. The molecule has 1 rings (SSSR count). The number of anilines is 1. The van der Waals surface area contributed by atoms with Crippen LogP contribution in [0.2, 0.25) is 0 Å². The number of rotatable bonds is 3. The summed E-state index contributed by atoms with van der Waals surface area (Å²) in [6.07, 6.45) is 2.88. The molecule has 0 spiro atoms. The van der Waals surface area contributed by atoms with Crippen molar-refractivity contribution in [2.45, 2.75) is 13.8 Å². The SMILES string of the molecule is C=Cc1cccc(NC(=O)OC)c1C=C.CC. The third kappa shape index (κ3) is 4.15. The lowest BCUT2D eigenvalue weighted by atomic mass is 10.1. The van der Waals surface area contributed by atoms with Gasteiger partial charge in [0, 0.05) is 5.56 Å². The predicted molar refractivity (Wildman–Crippen MR) is 74.0 cm³/mol.